The quantitative estimate of drug-likeness (QED) is 0.541. The topological polar surface area (TPSA) is 115 Å². The first-order valence-corrected chi connectivity index (χ1v) is 10.5. The molecule has 0 bridgehead atoms. The molecule has 2 aromatic carbocycles. The zero-order valence-electron chi connectivity index (χ0n) is 18.0. The van der Waals surface area contributed by atoms with Gasteiger partial charge in [-0.05, 0) is 56.3 Å². The Balaban J connectivity index is 1.85. The van der Waals surface area contributed by atoms with E-state index in [4.69, 9.17) is 26.3 Å². The second-order valence-electron chi connectivity index (χ2n) is 6.81. The highest BCUT2D eigenvalue weighted by Gasteiger charge is 2.16. The van der Waals surface area contributed by atoms with E-state index < -0.39 is 23.7 Å². The Morgan fingerprint density at radius 2 is 1.82 bits per heavy atom. The fraction of sp³-hybridized carbons (Fsp3) is 0.217. The van der Waals surface area contributed by atoms with E-state index in [1.54, 1.807) is 49.4 Å². The highest BCUT2D eigenvalue weighted by molar-refractivity contribution is 6.31. The molecule has 33 heavy (non-hydrogen) atoms. The van der Waals surface area contributed by atoms with Gasteiger partial charge in [0.15, 0.2) is 5.75 Å². The smallest absolute Gasteiger partial charge is 0.331 e. The maximum Gasteiger partial charge on any atom is 0.331 e. The SMILES string of the molecule is CCOc1ccc(Oc2ccc(Cl)cc2NC(=O)Cn2c(=O)c(C#N)cn(CC)c2=O)cc1. The van der Waals surface area contributed by atoms with Crippen LogP contribution >= 0.6 is 11.6 Å². The van der Waals surface area contributed by atoms with E-state index in [1.165, 1.54) is 16.8 Å². The first-order chi connectivity index (χ1) is 15.9. The van der Waals surface area contributed by atoms with Crippen molar-refractivity contribution in [1.82, 2.24) is 9.13 Å². The molecule has 0 aliphatic rings. The molecule has 0 radical (unpaired) electrons. The standard InChI is InChI=1S/C23H21ClN4O5/c1-3-27-13-15(12-25)22(30)28(23(27)31)14-21(29)26-19-11-16(24)5-10-20(19)33-18-8-6-17(7-9-18)32-4-2/h5-11,13H,3-4,14H2,1-2H3,(H,26,29). The van der Waals surface area contributed by atoms with Crippen molar-refractivity contribution in [3.05, 3.63) is 80.1 Å². The van der Waals surface area contributed by atoms with Gasteiger partial charge >= 0.3 is 5.69 Å². The van der Waals surface area contributed by atoms with Gasteiger partial charge in [0.25, 0.3) is 5.56 Å². The van der Waals surface area contributed by atoms with Gasteiger partial charge in [-0.2, -0.15) is 5.26 Å². The molecule has 1 N–H and O–H groups in total. The summed E-state index contributed by atoms with van der Waals surface area (Å²) < 4.78 is 13.2. The van der Waals surface area contributed by atoms with E-state index in [0.717, 1.165) is 4.57 Å². The molecule has 9 nitrogen and oxygen atoms in total. The molecule has 0 saturated heterocycles. The number of hydrogen-bond donors (Lipinski definition) is 1. The molecule has 0 aliphatic carbocycles. The average Bonchev–Trinajstić information content (AvgIpc) is 2.80. The highest BCUT2D eigenvalue weighted by atomic mass is 35.5. The van der Waals surface area contributed by atoms with Gasteiger partial charge in [0, 0.05) is 17.8 Å². The first kappa shape index (κ1) is 23.6. The van der Waals surface area contributed by atoms with Crippen molar-refractivity contribution in [3.8, 4) is 23.3 Å². The van der Waals surface area contributed by atoms with E-state index in [9.17, 15) is 14.4 Å². The molecule has 1 heterocycles. The number of aromatic nitrogens is 2. The van der Waals surface area contributed by atoms with Gasteiger partial charge in [0.05, 0.1) is 12.3 Å². The van der Waals surface area contributed by atoms with Crippen molar-refractivity contribution in [3.63, 3.8) is 0 Å². The maximum absolute atomic E-state index is 12.7. The average molecular weight is 469 g/mol. The van der Waals surface area contributed by atoms with Gasteiger partial charge in [-0.3, -0.25) is 14.2 Å². The third-order valence-corrected chi connectivity index (χ3v) is 4.81. The Hall–Kier alpha value is -4.03. The second-order valence-corrected chi connectivity index (χ2v) is 7.25. The lowest BCUT2D eigenvalue weighted by molar-refractivity contribution is -0.116. The summed E-state index contributed by atoms with van der Waals surface area (Å²) in [4.78, 5) is 37.6. The number of nitrogens with zero attached hydrogens (tertiary/aromatic N) is 3. The number of benzene rings is 2. The number of carbonyl (C=O) groups excluding carboxylic acids is 1. The van der Waals surface area contributed by atoms with Gasteiger partial charge in [-0.15, -0.1) is 0 Å². The van der Waals surface area contributed by atoms with Gasteiger partial charge in [-0.1, -0.05) is 11.6 Å². The molecule has 3 aromatic rings. The lowest BCUT2D eigenvalue weighted by Gasteiger charge is -2.14. The van der Waals surface area contributed by atoms with Crippen molar-refractivity contribution in [2.24, 2.45) is 0 Å². The Morgan fingerprint density at radius 3 is 2.45 bits per heavy atom. The molecule has 1 aromatic heterocycles. The predicted octanol–water partition coefficient (Wildman–Crippen LogP) is 3.38. The van der Waals surface area contributed by atoms with Crippen molar-refractivity contribution >= 4 is 23.2 Å². The van der Waals surface area contributed by atoms with E-state index in [1.807, 2.05) is 6.92 Å². The zero-order chi connectivity index (χ0) is 24.0. The van der Waals surface area contributed by atoms with E-state index in [0.29, 0.717) is 28.9 Å². The number of amides is 1. The molecular formula is C23H21ClN4O5. The first-order valence-electron chi connectivity index (χ1n) is 10.1. The maximum atomic E-state index is 12.7. The molecule has 170 valence electrons. The third kappa shape index (κ3) is 5.61. The molecule has 0 atom stereocenters. The largest absolute Gasteiger partial charge is 0.494 e. The summed E-state index contributed by atoms with van der Waals surface area (Å²) in [6.45, 7) is 3.77. The summed E-state index contributed by atoms with van der Waals surface area (Å²) in [5.74, 6) is 0.837. The Morgan fingerprint density at radius 1 is 1.12 bits per heavy atom. The van der Waals surface area contributed by atoms with Crippen LogP contribution in [0.4, 0.5) is 5.69 Å². The summed E-state index contributed by atoms with van der Waals surface area (Å²) in [5.41, 5.74) is -1.50. The minimum absolute atomic E-state index is 0.230. The van der Waals surface area contributed by atoms with Gasteiger partial charge in [0.2, 0.25) is 5.91 Å². The summed E-state index contributed by atoms with van der Waals surface area (Å²) in [5, 5.41) is 12.1. The fourth-order valence-corrected chi connectivity index (χ4v) is 3.19. The van der Waals surface area contributed by atoms with Crippen molar-refractivity contribution in [2.75, 3.05) is 11.9 Å². The number of aryl methyl sites for hydroxylation is 1. The van der Waals surface area contributed by atoms with Crippen molar-refractivity contribution < 1.29 is 14.3 Å². The minimum atomic E-state index is -0.834. The molecule has 0 fully saturated rings. The third-order valence-electron chi connectivity index (χ3n) is 4.58. The molecule has 0 aliphatic heterocycles. The summed E-state index contributed by atoms with van der Waals surface area (Å²) >= 11 is 6.08. The fourth-order valence-electron chi connectivity index (χ4n) is 3.02. The molecule has 10 heteroatoms. The normalized spacial score (nSPS) is 10.4. The van der Waals surface area contributed by atoms with Crippen molar-refractivity contribution in [2.45, 2.75) is 26.9 Å². The van der Waals surface area contributed by atoms with Crippen LogP contribution in [0.3, 0.4) is 0 Å². The molecule has 0 saturated carbocycles. The zero-order valence-corrected chi connectivity index (χ0v) is 18.8. The van der Waals surface area contributed by atoms with Crippen LogP contribution in [0.5, 0.6) is 17.2 Å². The number of anilines is 1. The van der Waals surface area contributed by atoms with Crippen molar-refractivity contribution in [1.29, 1.82) is 5.26 Å². The number of halogens is 1. The van der Waals surface area contributed by atoms with Gasteiger partial charge in [-0.25, -0.2) is 9.36 Å². The minimum Gasteiger partial charge on any atom is -0.494 e. The summed E-state index contributed by atoms with van der Waals surface area (Å²) in [6, 6.07) is 13.3. The molecule has 0 unspecified atom stereocenters. The number of nitrogens with one attached hydrogen (secondary N) is 1. The van der Waals surface area contributed by atoms with Crippen LogP contribution in [0.2, 0.25) is 5.02 Å². The second kappa shape index (κ2) is 10.5. The summed E-state index contributed by atoms with van der Waals surface area (Å²) in [7, 11) is 0. The predicted molar refractivity (Wildman–Crippen MR) is 123 cm³/mol. The van der Waals surface area contributed by atoms with Crippen LogP contribution < -0.4 is 26.0 Å². The molecule has 1 amide bonds. The molecular weight excluding hydrogens is 448 g/mol. The number of ether oxygens (including phenoxy) is 2. The number of nitriles is 1. The molecule has 3 rings (SSSR count). The van der Waals surface area contributed by atoms with Gasteiger partial charge in [0.1, 0.15) is 29.7 Å². The lowest BCUT2D eigenvalue weighted by Crippen LogP contribution is -2.43. The van der Waals surface area contributed by atoms with Crippen LogP contribution in [0.25, 0.3) is 0 Å². The van der Waals surface area contributed by atoms with E-state index in [-0.39, 0.29) is 17.8 Å². The monoisotopic (exact) mass is 468 g/mol. The van der Waals surface area contributed by atoms with Crippen LogP contribution in [-0.2, 0) is 17.9 Å². The van der Waals surface area contributed by atoms with Gasteiger partial charge < -0.3 is 14.8 Å². The van der Waals surface area contributed by atoms with Crippen LogP contribution in [0, 0.1) is 11.3 Å². The molecule has 0 spiro atoms. The number of carbonyl (C=O) groups is 1. The Bertz CT molecular complexity index is 1320. The van der Waals surface area contributed by atoms with Crippen LogP contribution in [-0.4, -0.2) is 21.6 Å². The lowest BCUT2D eigenvalue weighted by atomic mass is 10.2. The van der Waals surface area contributed by atoms with Crippen LogP contribution in [0.1, 0.15) is 19.4 Å². The summed E-state index contributed by atoms with van der Waals surface area (Å²) in [6.07, 6.45) is 1.18. The highest BCUT2D eigenvalue weighted by Crippen LogP contribution is 2.32. The van der Waals surface area contributed by atoms with E-state index in [2.05, 4.69) is 5.32 Å². The van der Waals surface area contributed by atoms with E-state index >= 15 is 0 Å². The number of hydrogen-bond acceptors (Lipinski definition) is 6. The Labute approximate surface area is 194 Å². The van der Waals surface area contributed by atoms with Crippen LogP contribution in [0.15, 0.2) is 58.3 Å². The number of rotatable bonds is 8. The Kier molecular flexibility index (Phi) is 7.53.